The number of nitrogens with one attached hydrogen (secondary N) is 1. The molecule has 2 atom stereocenters. The molecule has 2 unspecified atom stereocenters. The molecule has 8 nitrogen and oxygen atoms in total. The van der Waals surface area contributed by atoms with E-state index < -0.39 is 11.9 Å². The van der Waals surface area contributed by atoms with Gasteiger partial charge in [-0.2, -0.15) is 0 Å². The highest BCUT2D eigenvalue weighted by Crippen LogP contribution is 2.47. The van der Waals surface area contributed by atoms with Crippen LogP contribution in [-0.2, 0) is 15.9 Å². The Morgan fingerprint density at radius 1 is 0.800 bits per heavy atom. The maximum absolute atomic E-state index is 12.2. The molecular weight excluding hydrogens is 628 g/mol. The van der Waals surface area contributed by atoms with Crippen molar-refractivity contribution in [3.63, 3.8) is 0 Å². The molecule has 3 aliphatic rings. The third-order valence-corrected chi connectivity index (χ3v) is 10.9. The van der Waals surface area contributed by atoms with Crippen LogP contribution in [0.1, 0.15) is 86.9 Å². The molecule has 7 rings (SSSR count). The number of carbonyl (C=O) groups excluding carboxylic acids is 2. The van der Waals surface area contributed by atoms with Gasteiger partial charge in [-0.1, -0.05) is 48.5 Å². The van der Waals surface area contributed by atoms with Crippen LogP contribution in [0, 0.1) is 5.92 Å². The molecule has 1 saturated heterocycles. The van der Waals surface area contributed by atoms with E-state index in [1.807, 2.05) is 12.1 Å². The van der Waals surface area contributed by atoms with Crippen LogP contribution < -0.4 is 15.0 Å². The molecule has 2 fully saturated rings. The number of anilines is 1. The minimum atomic E-state index is -0.600. The normalized spacial score (nSPS) is 21.8. The molecule has 2 aliphatic carbocycles. The van der Waals surface area contributed by atoms with Gasteiger partial charge in [0, 0.05) is 30.7 Å². The predicted molar refractivity (Wildman–Crippen MR) is 193 cm³/mol. The molecule has 0 spiro atoms. The van der Waals surface area contributed by atoms with E-state index in [4.69, 9.17) is 14.2 Å². The number of aryl methyl sites for hydroxylation is 1. The van der Waals surface area contributed by atoms with Gasteiger partial charge in [0.05, 0.1) is 25.3 Å². The Hall–Kier alpha value is -4.82. The van der Waals surface area contributed by atoms with Gasteiger partial charge in [0.25, 0.3) is 0 Å². The van der Waals surface area contributed by atoms with E-state index in [0.29, 0.717) is 29.4 Å². The standard InChI is InChI=1S/C42H46N2O6/c1-48-41(46)38-17-14-34(25-39(38)42(47)49-2)50-35-23-31(24-35)43-26-27-18-20-44(21-19-27)32-11-8-29(9-12-32)40-36(28-6-4-3-5-7-28)15-10-30-22-33(45)13-16-37(30)40/h3-9,11-14,16-17,22,25,27,31,35-36,40,43,45H,10,15,18-21,23-24,26H2,1-2H3/t31-,35-,36?,40?. The number of phenols is 1. The summed E-state index contributed by atoms with van der Waals surface area (Å²) in [6.45, 7) is 3.09. The molecule has 260 valence electrons. The van der Waals surface area contributed by atoms with Gasteiger partial charge in [-0.25, -0.2) is 9.59 Å². The zero-order valence-corrected chi connectivity index (χ0v) is 28.8. The summed E-state index contributed by atoms with van der Waals surface area (Å²) >= 11 is 0. The SMILES string of the molecule is COC(=O)c1ccc(O[C@H]2C[C@H](NCC3CCN(c4ccc(C5c6ccc(O)cc6CCC5c5ccccc5)cc4)CC3)C2)cc1C(=O)OC. The lowest BCUT2D eigenvalue weighted by atomic mass is 9.69. The zero-order chi connectivity index (χ0) is 34.6. The summed E-state index contributed by atoms with van der Waals surface area (Å²) in [5.41, 5.74) is 6.88. The molecule has 0 radical (unpaired) electrons. The van der Waals surface area contributed by atoms with Crippen molar-refractivity contribution >= 4 is 17.6 Å². The number of esters is 2. The van der Waals surface area contributed by atoms with E-state index in [1.165, 1.54) is 42.2 Å². The number of methoxy groups -OCH3 is 2. The Kier molecular flexibility index (Phi) is 10.1. The van der Waals surface area contributed by atoms with Crippen LogP contribution in [0.2, 0.25) is 0 Å². The largest absolute Gasteiger partial charge is 0.508 e. The van der Waals surface area contributed by atoms with E-state index in [2.05, 4.69) is 70.9 Å². The molecule has 8 heteroatoms. The Morgan fingerprint density at radius 3 is 2.24 bits per heavy atom. The number of fused-ring (bicyclic) bond motifs is 1. The number of phenolic OH excluding ortho intramolecular Hbond substituents is 1. The minimum absolute atomic E-state index is 0.0593. The Bertz CT molecular complexity index is 1800. The Morgan fingerprint density at radius 2 is 1.52 bits per heavy atom. The highest BCUT2D eigenvalue weighted by Gasteiger charge is 2.34. The number of ether oxygens (including phenoxy) is 3. The molecule has 1 aliphatic heterocycles. The summed E-state index contributed by atoms with van der Waals surface area (Å²) in [4.78, 5) is 26.8. The van der Waals surface area contributed by atoms with Gasteiger partial charge in [-0.05, 0) is 122 Å². The smallest absolute Gasteiger partial charge is 0.338 e. The van der Waals surface area contributed by atoms with Crippen molar-refractivity contribution in [2.24, 2.45) is 5.92 Å². The summed E-state index contributed by atoms with van der Waals surface area (Å²) < 4.78 is 15.8. The predicted octanol–water partition coefficient (Wildman–Crippen LogP) is 7.24. The van der Waals surface area contributed by atoms with Crippen molar-refractivity contribution in [2.75, 3.05) is 38.8 Å². The topological polar surface area (TPSA) is 97.3 Å². The first-order chi connectivity index (χ1) is 24.4. The lowest BCUT2D eigenvalue weighted by Gasteiger charge is -2.39. The molecule has 0 aromatic heterocycles. The number of carbonyl (C=O) groups is 2. The second-order valence-corrected chi connectivity index (χ2v) is 13.9. The number of piperidine rings is 1. The van der Waals surface area contributed by atoms with Gasteiger partial charge in [-0.3, -0.25) is 0 Å². The molecule has 1 saturated carbocycles. The first-order valence-electron chi connectivity index (χ1n) is 17.8. The van der Waals surface area contributed by atoms with Crippen molar-refractivity contribution < 1.29 is 28.9 Å². The summed E-state index contributed by atoms with van der Waals surface area (Å²) in [5, 5.41) is 13.9. The van der Waals surface area contributed by atoms with Crippen molar-refractivity contribution in [3.8, 4) is 11.5 Å². The van der Waals surface area contributed by atoms with Gasteiger partial charge in [0.15, 0.2) is 0 Å². The lowest BCUT2D eigenvalue weighted by Crippen LogP contribution is -2.49. The number of hydrogen-bond acceptors (Lipinski definition) is 8. The fraction of sp³-hybridized carbons (Fsp3) is 0.381. The summed E-state index contributed by atoms with van der Waals surface area (Å²) in [6.07, 6.45) is 6.20. The van der Waals surface area contributed by atoms with E-state index >= 15 is 0 Å². The van der Waals surface area contributed by atoms with Crippen LogP contribution in [0.25, 0.3) is 0 Å². The molecule has 4 aromatic carbocycles. The highest BCUT2D eigenvalue weighted by atomic mass is 16.5. The fourth-order valence-corrected chi connectivity index (χ4v) is 8.08. The van der Waals surface area contributed by atoms with E-state index in [-0.39, 0.29) is 23.1 Å². The van der Waals surface area contributed by atoms with Crippen molar-refractivity contribution in [3.05, 3.63) is 124 Å². The quantitative estimate of drug-likeness (QED) is 0.170. The summed E-state index contributed by atoms with van der Waals surface area (Å²) in [5.74, 6) is 1.00. The molecule has 0 amide bonds. The third-order valence-electron chi connectivity index (χ3n) is 10.9. The molecular formula is C42H46N2O6. The van der Waals surface area contributed by atoms with Gasteiger partial charge >= 0.3 is 11.9 Å². The average Bonchev–Trinajstić information content (AvgIpc) is 3.15. The van der Waals surface area contributed by atoms with Crippen molar-refractivity contribution in [1.29, 1.82) is 0 Å². The van der Waals surface area contributed by atoms with Gasteiger partial charge < -0.3 is 29.5 Å². The van der Waals surface area contributed by atoms with Crippen LogP contribution >= 0.6 is 0 Å². The molecule has 2 N–H and O–H groups in total. The fourth-order valence-electron chi connectivity index (χ4n) is 8.08. The van der Waals surface area contributed by atoms with Crippen LogP contribution in [0.15, 0.2) is 91.0 Å². The summed E-state index contributed by atoms with van der Waals surface area (Å²) in [7, 11) is 2.57. The van der Waals surface area contributed by atoms with Crippen molar-refractivity contribution in [1.82, 2.24) is 5.32 Å². The molecule has 1 heterocycles. The molecule has 50 heavy (non-hydrogen) atoms. The Balaban J connectivity index is 0.901. The summed E-state index contributed by atoms with van der Waals surface area (Å²) in [6, 6.07) is 31.3. The number of aromatic hydroxyl groups is 1. The van der Waals surface area contributed by atoms with Crippen LogP contribution in [0.5, 0.6) is 11.5 Å². The zero-order valence-electron chi connectivity index (χ0n) is 28.8. The third kappa shape index (κ3) is 7.22. The number of nitrogens with zero attached hydrogens (tertiary/aromatic N) is 1. The lowest BCUT2D eigenvalue weighted by molar-refractivity contribution is 0.0552. The first-order valence-corrected chi connectivity index (χ1v) is 17.8. The van der Waals surface area contributed by atoms with Crippen LogP contribution in [0.4, 0.5) is 5.69 Å². The minimum Gasteiger partial charge on any atom is -0.508 e. The maximum Gasteiger partial charge on any atom is 0.338 e. The maximum atomic E-state index is 12.2. The van der Waals surface area contributed by atoms with E-state index in [0.717, 1.165) is 58.2 Å². The van der Waals surface area contributed by atoms with Gasteiger partial charge in [0.2, 0.25) is 0 Å². The van der Waals surface area contributed by atoms with E-state index in [1.54, 1.807) is 18.2 Å². The van der Waals surface area contributed by atoms with Crippen LogP contribution in [0.3, 0.4) is 0 Å². The Labute approximate surface area is 294 Å². The monoisotopic (exact) mass is 674 g/mol. The van der Waals surface area contributed by atoms with Crippen LogP contribution in [-0.4, -0.2) is 63.0 Å². The van der Waals surface area contributed by atoms with Gasteiger partial charge in [0.1, 0.15) is 17.6 Å². The number of benzene rings is 4. The molecule has 4 aromatic rings. The number of hydrogen-bond donors (Lipinski definition) is 2. The average molecular weight is 675 g/mol. The highest BCUT2D eigenvalue weighted by molar-refractivity contribution is 6.03. The van der Waals surface area contributed by atoms with Crippen molar-refractivity contribution in [2.45, 2.75) is 62.5 Å². The molecule has 0 bridgehead atoms. The first kappa shape index (κ1) is 33.7. The van der Waals surface area contributed by atoms with E-state index in [9.17, 15) is 14.7 Å². The number of rotatable bonds is 10. The second kappa shape index (κ2) is 15.0. The second-order valence-electron chi connectivity index (χ2n) is 13.9. The van der Waals surface area contributed by atoms with Gasteiger partial charge in [-0.15, -0.1) is 0 Å².